The zero-order valence-electron chi connectivity index (χ0n) is 13.4. The van der Waals surface area contributed by atoms with E-state index >= 15 is 0 Å². The van der Waals surface area contributed by atoms with Gasteiger partial charge in [-0.15, -0.1) is 10.2 Å². The van der Waals surface area contributed by atoms with Crippen molar-refractivity contribution in [3.63, 3.8) is 0 Å². The molecule has 3 aromatic rings. The third-order valence-corrected chi connectivity index (χ3v) is 5.31. The van der Waals surface area contributed by atoms with Gasteiger partial charge in [-0.1, -0.05) is 42.1 Å². The number of pyridine rings is 1. The average Bonchev–Trinajstić information content (AvgIpc) is 3.40. The zero-order chi connectivity index (χ0) is 17.2. The van der Waals surface area contributed by atoms with Gasteiger partial charge in [-0.2, -0.15) is 0 Å². The van der Waals surface area contributed by atoms with Gasteiger partial charge in [-0.05, 0) is 30.5 Å². The van der Waals surface area contributed by atoms with Crippen LogP contribution in [-0.4, -0.2) is 25.7 Å². The predicted molar refractivity (Wildman–Crippen MR) is 95.8 cm³/mol. The maximum Gasteiger partial charge on any atom is 0.235 e. The minimum absolute atomic E-state index is 0.372. The van der Waals surface area contributed by atoms with Crippen LogP contribution in [0.2, 0.25) is 0 Å². The molecule has 1 atom stereocenters. The summed E-state index contributed by atoms with van der Waals surface area (Å²) in [6.45, 7) is 0. The number of carbonyl (C=O) groups is 1. The fraction of sp³-hybridized carbons (Fsp3) is 0.222. The van der Waals surface area contributed by atoms with Crippen molar-refractivity contribution in [1.29, 1.82) is 0 Å². The highest BCUT2D eigenvalue weighted by Crippen LogP contribution is 2.43. The van der Waals surface area contributed by atoms with Gasteiger partial charge in [0.15, 0.2) is 11.0 Å². The molecular weight excluding hydrogens is 334 g/mol. The number of primary amides is 1. The molecule has 1 amide bonds. The van der Waals surface area contributed by atoms with E-state index in [1.165, 1.54) is 11.8 Å². The van der Waals surface area contributed by atoms with Crippen LogP contribution in [0, 0.1) is 0 Å². The molecule has 1 aliphatic rings. The Kier molecular flexibility index (Phi) is 4.23. The van der Waals surface area contributed by atoms with Crippen LogP contribution >= 0.6 is 11.8 Å². The highest BCUT2D eigenvalue weighted by molar-refractivity contribution is 8.00. The van der Waals surface area contributed by atoms with Crippen molar-refractivity contribution in [2.75, 3.05) is 0 Å². The smallest absolute Gasteiger partial charge is 0.235 e. The zero-order valence-corrected chi connectivity index (χ0v) is 14.3. The van der Waals surface area contributed by atoms with E-state index in [9.17, 15) is 4.79 Å². The molecule has 0 saturated heterocycles. The van der Waals surface area contributed by atoms with E-state index in [4.69, 9.17) is 5.73 Å². The van der Waals surface area contributed by atoms with Gasteiger partial charge >= 0.3 is 0 Å². The number of carbonyl (C=O) groups excluding carboxylic acids is 1. The number of rotatable bonds is 6. The van der Waals surface area contributed by atoms with Crippen molar-refractivity contribution in [2.24, 2.45) is 5.73 Å². The molecule has 1 unspecified atom stereocenters. The van der Waals surface area contributed by atoms with E-state index in [-0.39, 0.29) is 5.91 Å². The molecule has 6 nitrogen and oxygen atoms in total. The van der Waals surface area contributed by atoms with Crippen molar-refractivity contribution in [3.05, 3.63) is 60.4 Å². The number of nitrogens with zero attached hydrogens (tertiary/aromatic N) is 4. The fourth-order valence-corrected chi connectivity index (χ4v) is 3.79. The van der Waals surface area contributed by atoms with Crippen LogP contribution in [-0.2, 0) is 4.79 Å². The van der Waals surface area contributed by atoms with Gasteiger partial charge in [0, 0.05) is 24.0 Å². The van der Waals surface area contributed by atoms with Gasteiger partial charge in [0.05, 0.1) is 0 Å². The van der Waals surface area contributed by atoms with E-state index in [1.54, 1.807) is 12.4 Å². The molecule has 25 heavy (non-hydrogen) atoms. The number of hydrogen-bond acceptors (Lipinski definition) is 5. The van der Waals surface area contributed by atoms with E-state index in [1.807, 2.05) is 42.5 Å². The Morgan fingerprint density at radius 3 is 2.60 bits per heavy atom. The molecule has 1 aromatic carbocycles. The lowest BCUT2D eigenvalue weighted by atomic mass is 10.1. The highest BCUT2D eigenvalue weighted by Gasteiger charge is 2.32. The number of nitrogens with two attached hydrogens (primary N) is 1. The predicted octanol–water partition coefficient (Wildman–Crippen LogP) is 2.99. The molecule has 1 saturated carbocycles. The topological polar surface area (TPSA) is 86.7 Å². The SMILES string of the molecule is NC(=O)C(Sc1nnc(-c2cccnc2)n1C1CC1)c1ccccc1. The third kappa shape index (κ3) is 3.28. The summed E-state index contributed by atoms with van der Waals surface area (Å²) in [6, 6.07) is 13.7. The molecule has 0 aliphatic heterocycles. The molecule has 1 aliphatic carbocycles. The van der Waals surface area contributed by atoms with Gasteiger partial charge in [-0.25, -0.2) is 0 Å². The number of hydrogen-bond donors (Lipinski definition) is 1. The molecule has 2 aromatic heterocycles. The summed E-state index contributed by atoms with van der Waals surface area (Å²) in [4.78, 5) is 16.2. The molecular formula is C18H17N5OS. The first-order valence-electron chi connectivity index (χ1n) is 8.10. The van der Waals surface area contributed by atoms with E-state index in [0.29, 0.717) is 11.2 Å². The minimum atomic E-state index is -0.496. The molecule has 1 fully saturated rings. The third-order valence-electron chi connectivity index (χ3n) is 4.08. The van der Waals surface area contributed by atoms with Crippen molar-refractivity contribution in [1.82, 2.24) is 19.7 Å². The van der Waals surface area contributed by atoms with Crippen LogP contribution < -0.4 is 5.73 Å². The monoisotopic (exact) mass is 351 g/mol. The first-order chi connectivity index (χ1) is 12.2. The molecule has 126 valence electrons. The molecule has 0 bridgehead atoms. The second-order valence-corrected chi connectivity index (χ2v) is 7.03. The average molecular weight is 351 g/mol. The van der Waals surface area contributed by atoms with Crippen LogP contribution in [0.3, 0.4) is 0 Å². The largest absolute Gasteiger partial charge is 0.368 e. The number of aromatic nitrogens is 4. The summed E-state index contributed by atoms with van der Waals surface area (Å²) in [5.41, 5.74) is 7.44. The summed E-state index contributed by atoms with van der Waals surface area (Å²) >= 11 is 1.35. The molecule has 7 heteroatoms. The standard InChI is InChI=1S/C18H17N5OS/c19-16(24)15(12-5-2-1-3-6-12)25-18-22-21-17(23(18)14-8-9-14)13-7-4-10-20-11-13/h1-7,10-11,14-15H,8-9H2,(H2,19,24). The van der Waals surface area contributed by atoms with Crippen LogP contribution in [0.4, 0.5) is 0 Å². The van der Waals surface area contributed by atoms with Crippen molar-refractivity contribution in [3.8, 4) is 11.4 Å². The summed E-state index contributed by atoms with van der Waals surface area (Å²) in [5, 5.41) is 8.92. The van der Waals surface area contributed by atoms with E-state index in [2.05, 4.69) is 19.7 Å². The van der Waals surface area contributed by atoms with Crippen LogP contribution in [0.1, 0.15) is 29.7 Å². The van der Waals surface area contributed by atoms with E-state index < -0.39 is 5.25 Å². The second-order valence-electron chi connectivity index (χ2n) is 5.96. The van der Waals surface area contributed by atoms with Crippen molar-refractivity contribution < 1.29 is 4.79 Å². The van der Waals surface area contributed by atoms with Gasteiger partial charge < -0.3 is 5.73 Å². The van der Waals surface area contributed by atoms with Crippen molar-refractivity contribution >= 4 is 17.7 Å². The van der Waals surface area contributed by atoms with Crippen LogP contribution in [0.25, 0.3) is 11.4 Å². The number of benzene rings is 1. The second kappa shape index (κ2) is 6.68. The van der Waals surface area contributed by atoms with Gasteiger partial charge in [-0.3, -0.25) is 14.3 Å². The normalized spacial score (nSPS) is 15.0. The van der Waals surface area contributed by atoms with Crippen LogP contribution in [0.5, 0.6) is 0 Å². The summed E-state index contributed by atoms with van der Waals surface area (Å²) < 4.78 is 2.11. The lowest BCUT2D eigenvalue weighted by molar-refractivity contribution is -0.117. The summed E-state index contributed by atoms with van der Waals surface area (Å²) in [6.07, 6.45) is 5.69. The van der Waals surface area contributed by atoms with Crippen molar-refractivity contribution in [2.45, 2.75) is 29.3 Å². The maximum absolute atomic E-state index is 12.0. The Balaban J connectivity index is 1.71. The maximum atomic E-state index is 12.0. The van der Waals surface area contributed by atoms with Gasteiger partial charge in [0.1, 0.15) is 5.25 Å². The Hall–Kier alpha value is -2.67. The molecule has 0 spiro atoms. The van der Waals surface area contributed by atoms with E-state index in [0.717, 1.165) is 29.8 Å². The Bertz CT molecular complexity index is 877. The van der Waals surface area contributed by atoms with Gasteiger partial charge in [0.2, 0.25) is 5.91 Å². The van der Waals surface area contributed by atoms with Crippen LogP contribution in [0.15, 0.2) is 60.0 Å². The lowest BCUT2D eigenvalue weighted by Crippen LogP contribution is -2.19. The molecule has 2 heterocycles. The quantitative estimate of drug-likeness (QED) is 0.690. The molecule has 4 rings (SSSR count). The fourth-order valence-electron chi connectivity index (χ4n) is 2.73. The Labute approximate surface area is 149 Å². The Morgan fingerprint density at radius 2 is 1.96 bits per heavy atom. The first kappa shape index (κ1) is 15.8. The van der Waals surface area contributed by atoms with Gasteiger partial charge in [0.25, 0.3) is 0 Å². The molecule has 2 N–H and O–H groups in total. The lowest BCUT2D eigenvalue weighted by Gasteiger charge is -2.14. The summed E-state index contributed by atoms with van der Waals surface area (Å²) in [7, 11) is 0. The Morgan fingerprint density at radius 1 is 1.16 bits per heavy atom. The minimum Gasteiger partial charge on any atom is -0.368 e. The number of thioether (sulfide) groups is 1. The summed E-state index contributed by atoms with van der Waals surface area (Å²) in [5.74, 6) is 0.402. The first-order valence-corrected chi connectivity index (χ1v) is 8.98. The molecule has 0 radical (unpaired) electrons. The number of amides is 1. The highest BCUT2D eigenvalue weighted by atomic mass is 32.2.